The number of anilines is 1. The number of aryl methyl sites for hydroxylation is 1. The monoisotopic (exact) mass is 509 g/mol. The van der Waals surface area contributed by atoms with Crippen LogP contribution in [-0.2, 0) is 22.6 Å². The zero-order valence-corrected chi connectivity index (χ0v) is 22.0. The molecule has 0 amide bonds. The van der Waals surface area contributed by atoms with Crippen molar-refractivity contribution in [2.24, 2.45) is 7.05 Å². The topological polar surface area (TPSA) is 106 Å². The van der Waals surface area contributed by atoms with Gasteiger partial charge < -0.3 is 4.90 Å². The summed E-state index contributed by atoms with van der Waals surface area (Å²) in [6, 6.07) is 8.32. The lowest BCUT2D eigenvalue weighted by molar-refractivity contribution is 0.119. The Bertz CT molecular complexity index is 1610. The van der Waals surface area contributed by atoms with Gasteiger partial charge in [0.15, 0.2) is 15.5 Å². The van der Waals surface area contributed by atoms with Gasteiger partial charge >= 0.3 is 0 Å². The molecule has 10 nitrogen and oxygen atoms in total. The van der Waals surface area contributed by atoms with Crippen LogP contribution in [0, 0.1) is 0 Å². The normalized spacial score (nSPS) is 20.3. The summed E-state index contributed by atoms with van der Waals surface area (Å²) in [6.45, 7) is 8.04. The first-order valence-corrected chi connectivity index (χ1v) is 14.1. The summed E-state index contributed by atoms with van der Waals surface area (Å²) in [4.78, 5) is 30.9. The number of piperazine rings is 1. The molecular weight excluding hydrogens is 478 g/mol. The van der Waals surface area contributed by atoms with E-state index in [4.69, 9.17) is 0 Å². The predicted molar refractivity (Wildman–Crippen MR) is 140 cm³/mol. The number of imidazole rings is 1. The quantitative estimate of drug-likeness (QED) is 0.403. The Morgan fingerprint density at radius 3 is 2.50 bits per heavy atom. The van der Waals surface area contributed by atoms with Crippen molar-refractivity contribution in [1.82, 2.24) is 29.0 Å². The van der Waals surface area contributed by atoms with E-state index in [9.17, 15) is 13.2 Å². The van der Waals surface area contributed by atoms with Crippen LogP contribution in [0.15, 0.2) is 47.7 Å². The van der Waals surface area contributed by atoms with Crippen molar-refractivity contribution in [3.8, 4) is 0 Å². The van der Waals surface area contributed by atoms with Crippen LogP contribution in [0.4, 0.5) is 5.69 Å². The van der Waals surface area contributed by atoms with Crippen molar-refractivity contribution < 1.29 is 8.42 Å². The van der Waals surface area contributed by atoms with Crippen LogP contribution in [0.25, 0.3) is 16.7 Å². The zero-order valence-electron chi connectivity index (χ0n) is 21.2. The van der Waals surface area contributed by atoms with Crippen molar-refractivity contribution in [2.45, 2.75) is 44.6 Å². The fraction of sp³-hybridized carbons (Fsp3) is 0.440. The Morgan fingerprint density at radius 2 is 1.78 bits per heavy atom. The van der Waals surface area contributed by atoms with Crippen molar-refractivity contribution in [1.29, 1.82) is 0 Å². The first-order valence-electron chi connectivity index (χ1n) is 12.0. The van der Waals surface area contributed by atoms with E-state index in [0.29, 0.717) is 17.9 Å². The molecule has 0 aliphatic carbocycles. The van der Waals surface area contributed by atoms with Gasteiger partial charge in [0.1, 0.15) is 0 Å². The van der Waals surface area contributed by atoms with Crippen molar-refractivity contribution in [2.75, 3.05) is 24.2 Å². The Hall–Kier alpha value is -3.31. The molecule has 1 aliphatic heterocycles. The van der Waals surface area contributed by atoms with E-state index in [1.807, 2.05) is 6.07 Å². The maximum atomic E-state index is 12.8. The molecule has 1 saturated heterocycles. The van der Waals surface area contributed by atoms with Crippen molar-refractivity contribution in [3.63, 3.8) is 0 Å². The van der Waals surface area contributed by atoms with Crippen molar-refractivity contribution >= 4 is 32.2 Å². The van der Waals surface area contributed by atoms with E-state index in [2.05, 4.69) is 57.7 Å². The number of rotatable bonds is 5. The van der Waals surface area contributed by atoms with Gasteiger partial charge in [0.25, 0.3) is 5.56 Å². The van der Waals surface area contributed by atoms with E-state index >= 15 is 0 Å². The van der Waals surface area contributed by atoms with E-state index < -0.39 is 9.84 Å². The minimum absolute atomic E-state index is 0.106. The molecule has 0 N–H and O–H groups in total. The standard InChI is InChI=1S/C25H31N7O3S/c1-16-13-31(23-11-24(33)29(4)32-14-20(28-25(23)32)15-36(5,34)35)17(2)12-30(16)18(3)19-6-7-21-22(10-19)27-9-8-26-21/h6-11,14,16-18H,12-13,15H2,1-5H3/t16-,17+,18?/m1/s1. The predicted octanol–water partition coefficient (Wildman–Crippen LogP) is 2.18. The van der Waals surface area contributed by atoms with Crippen LogP contribution < -0.4 is 10.5 Å². The molecule has 3 aromatic heterocycles. The highest BCUT2D eigenvalue weighted by molar-refractivity contribution is 7.89. The van der Waals surface area contributed by atoms with Crippen LogP contribution in [0.1, 0.15) is 38.1 Å². The molecule has 1 aliphatic rings. The average molecular weight is 510 g/mol. The Morgan fingerprint density at radius 1 is 1.06 bits per heavy atom. The fourth-order valence-electron chi connectivity index (χ4n) is 5.21. The summed E-state index contributed by atoms with van der Waals surface area (Å²) in [5, 5.41) is 0. The molecule has 3 atom stereocenters. The van der Waals surface area contributed by atoms with Gasteiger partial charge in [-0.15, -0.1) is 0 Å². The summed E-state index contributed by atoms with van der Waals surface area (Å²) in [5.41, 5.74) is 4.51. The number of sulfone groups is 1. The first kappa shape index (κ1) is 24.4. The molecule has 11 heteroatoms. The maximum Gasteiger partial charge on any atom is 0.267 e. The van der Waals surface area contributed by atoms with Gasteiger partial charge in [-0.2, -0.15) is 0 Å². The first-order chi connectivity index (χ1) is 17.0. The molecule has 0 spiro atoms. The third kappa shape index (κ3) is 4.48. The minimum Gasteiger partial charge on any atom is -0.363 e. The summed E-state index contributed by atoms with van der Waals surface area (Å²) < 4.78 is 26.8. The molecule has 1 aromatic carbocycles. The van der Waals surface area contributed by atoms with Crippen LogP contribution in [0.5, 0.6) is 0 Å². The molecule has 4 aromatic rings. The highest BCUT2D eigenvalue weighted by Crippen LogP contribution is 2.32. The van der Waals surface area contributed by atoms with Gasteiger partial charge in [-0.05, 0) is 38.5 Å². The summed E-state index contributed by atoms with van der Waals surface area (Å²) in [7, 11) is -1.60. The van der Waals surface area contributed by atoms with Gasteiger partial charge in [-0.25, -0.2) is 22.6 Å². The molecule has 5 rings (SSSR count). The average Bonchev–Trinajstić information content (AvgIpc) is 3.24. The van der Waals surface area contributed by atoms with Crippen molar-refractivity contribution in [3.05, 3.63) is 64.5 Å². The van der Waals surface area contributed by atoms with Crippen LogP contribution in [-0.4, -0.2) is 68.9 Å². The number of nitrogens with zero attached hydrogens (tertiary/aromatic N) is 7. The molecule has 1 fully saturated rings. The number of hydrogen-bond acceptors (Lipinski definition) is 8. The van der Waals surface area contributed by atoms with Crippen LogP contribution in [0.2, 0.25) is 0 Å². The molecule has 4 heterocycles. The number of aromatic nitrogens is 5. The third-order valence-electron chi connectivity index (χ3n) is 7.10. The third-order valence-corrected chi connectivity index (χ3v) is 7.92. The summed E-state index contributed by atoms with van der Waals surface area (Å²) in [6.07, 6.45) is 6.23. The van der Waals surface area contributed by atoms with Gasteiger partial charge in [0.05, 0.1) is 34.4 Å². The summed E-state index contributed by atoms with van der Waals surface area (Å²) in [5.74, 6) is -0.171. The minimum atomic E-state index is -3.25. The Labute approximate surface area is 210 Å². The molecule has 0 bridgehead atoms. The number of benzene rings is 1. The van der Waals surface area contributed by atoms with E-state index in [0.717, 1.165) is 23.3 Å². The fourth-order valence-corrected chi connectivity index (χ4v) is 5.89. The molecule has 190 valence electrons. The van der Waals surface area contributed by atoms with Gasteiger partial charge in [0.2, 0.25) is 0 Å². The smallest absolute Gasteiger partial charge is 0.267 e. The SMILES string of the molecule is CC(c1ccc2nccnc2c1)N1C[C@H](C)N(c2cc(=O)n(C)n3cc(CS(C)(=O)=O)nc23)C[C@H]1C. The lowest BCUT2D eigenvalue weighted by Crippen LogP contribution is -2.57. The van der Waals surface area contributed by atoms with Gasteiger partial charge in [-0.1, -0.05) is 6.07 Å². The van der Waals surface area contributed by atoms with E-state index in [1.54, 1.807) is 36.2 Å². The summed E-state index contributed by atoms with van der Waals surface area (Å²) >= 11 is 0. The molecule has 36 heavy (non-hydrogen) atoms. The lowest BCUT2D eigenvalue weighted by atomic mass is 10.00. The lowest BCUT2D eigenvalue weighted by Gasteiger charge is -2.47. The largest absolute Gasteiger partial charge is 0.363 e. The van der Waals surface area contributed by atoms with Crippen LogP contribution in [0.3, 0.4) is 0 Å². The van der Waals surface area contributed by atoms with E-state index in [-0.39, 0.29) is 29.4 Å². The second-order valence-corrected chi connectivity index (χ2v) is 12.0. The molecule has 0 radical (unpaired) electrons. The highest BCUT2D eigenvalue weighted by Gasteiger charge is 2.34. The number of hydrogen-bond donors (Lipinski definition) is 0. The zero-order chi connectivity index (χ0) is 25.8. The maximum absolute atomic E-state index is 12.8. The molecular formula is C25H31N7O3S. The van der Waals surface area contributed by atoms with Crippen LogP contribution >= 0.6 is 0 Å². The second-order valence-electron chi connectivity index (χ2n) is 9.89. The highest BCUT2D eigenvalue weighted by atomic mass is 32.2. The second kappa shape index (κ2) is 8.97. The van der Waals surface area contributed by atoms with Gasteiger partial charge in [0, 0.05) is 63.0 Å². The number of fused-ring (bicyclic) bond motifs is 2. The van der Waals surface area contributed by atoms with Gasteiger partial charge in [-0.3, -0.25) is 19.7 Å². The molecule has 0 saturated carbocycles. The Kier molecular flexibility index (Phi) is 6.08. The van der Waals surface area contributed by atoms with E-state index in [1.165, 1.54) is 16.5 Å². The molecule has 1 unspecified atom stereocenters. The Balaban J connectivity index is 1.46.